The maximum atomic E-state index is 6.47. The number of benzene rings is 1. The molecule has 4 heteroatoms. The molecule has 0 aliphatic carbocycles. The Morgan fingerprint density at radius 3 is 2.76 bits per heavy atom. The first-order valence-corrected chi connectivity index (χ1v) is 8.28. The van der Waals surface area contributed by atoms with Crippen LogP contribution in [0.15, 0.2) is 18.2 Å². The van der Waals surface area contributed by atoms with Gasteiger partial charge in [0.1, 0.15) is 0 Å². The summed E-state index contributed by atoms with van der Waals surface area (Å²) < 4.78 is 0. The highest BCUT2D eigenvalue weighted by molar-refractivity contribution is 6.31. The van der Waals surface area contributed by atoms with Crippen LogP contribution in [0.4, 0.5) is 5.69 Å². The molecule has 1 aliphatic rings. The molecule has 1 aromatic rings. The first-order valence-electron chi connectivity index (χ1n) is 7.90. The Bertz CT molecular complexity index is 459. The van der Waals surface area contributed by atoms with E-state index in [1.165, 1.54) is 24.1 Å². The zero-order valence-corrected chi connectivity index (χ0v) is 14.5. The van der Waals surface area contributed by atoms with Gasteiger partial charge in [0.25, 0.3) is 0 Å². The number of hydrogen-bond acceptors (Lipinski definition) is 3. The molecule has 21 heavy (non-hydrogen) atoms. The summed E-state index contributed by atoms with van der Waals surface area (Å²) in [6.45, 7) is 7.38. The molecule has 1 saturated heterocycles. The number of halogens is 1. The van der Waals surface area contributed by atoms with Crippen LogP contribution in [0.5, 0.6) is 0 Å². The van der Waals surface area contributed by atoms with Crippen LogP contribution >= 0.6 is 11.6 Å². The van der Waals surface area contributed by atoms with Crippen LogP contribution in [0.25, 0.3) is 0 Å². The zero-order valence-electron chi connectivity index (χ0n) is 13.7. The SMILES string of the molecule is CC(C)NCc1ccc(N2CCCC2CN(C)C)cc1Cl. The Kier molecular flexibility index (Phi) is 5.91. The van der Waals surface area contributed by atoms with Gasteiger partial charge in [-0.05, 0) is 44.6 Å². The highest BCUT2D eigenvalue weighted by atomic mass is 35.5. The lowest BCUT2D eigenvalue weighted by Gasteiger charge is -2.29. The minimum Gasteiger partial charge on any atom is -0.367 e. The van der Waals surface area contributed by atoms with Gasteiger partial charge < -0.3 is 15.1 Å². The third-order valence-electron chi connectivity index (χ3n) is 4.02. The maximum absolute atomic E-state index is 6.47. The highest BCUT2D eigenvalue weighted by Crippen LogP contribution is 2.29. The number of likely N-dealkylation sites (N-methyl/N-ethyl adjacent to an activating group) is 1. The van der Waals surface area contributed by atoms with Crippen LogP contribution in [0.1, 0.15) is 32.3 Å². The molecule has 1 heterocycles. The van der Waals surface area contributed by atoms with Gasteiger partial charge in [-0.1, -0.05) is 31.5 Å². The van der Waals surface area contributed by atoms with Crippen molar-refractivity contribution < 1.29 is 0 Å². The standard InChI is InChI=1S/C17H28ClN3/c1-13(2)19-11-14-7-8-15(10-17(14)18)21-9-5-6-16(21)12-20(3)4/h7-8,10,13,16,19H,5-6,9,11-12H2,1-4H3. The first kappa shape index (κ1) is 16.6. The summed E-state index contributed by atoms with van der Waals surface area (Å²) in [6.07, 6.45) is 2.54. The van der Waals surface area contributed by atoms with Gasteiger partial charge >= 0.3 is 0 Å². The van der Waals surface area contributed by atoms with E-state index in [1.807, 2.05) is 0 Å². The van der Waals surface area contributed by atoms with E-state index in [9.17, 15) is 0 Å². The fourth-order valence-electron chi connectivity index (χ4n) is 2.96. The van der Waals surface area contributed by atoms with Crippen LogP contribution < -0.4 is 10.2 Å². The number of hydrogen-bond donors (Lipinski definition) is 1. The van der Waals surface area contributed by atoms with Crippen LogP contribution in [0.3, 0.4) is 0 Å². The molecule has 1 N–H and O–H groups in total. The third-order valence-corrected chi connectivity index (χ3v) is 4.37. The van der Waals surface area contributed by atoms with Gasteiger partial charge in [0.2, 0.25) is 0 Å². The molecule has 1 aromatic carbocycles. The van der Waals surface area contributed by atoms with E-state index >= 15 is 0 Å². The number of nitrogens with one attached hydrogen (secondary N) is 1. The monoisotopic (exact) mass is 309 g/mol. The Morgan fingerprint density at radius 1 is 1.38 bits per heavy atom. The van der Waals surface area contributed by atoms with Crippen LogP contribution in [-0.4, -0.2) is 44.2 Å². The summed E-state index contributed by atoms with van der Waals surface area (Å²) in [7, 11) is 4.29. The van der Waals surface area contributed by atoms with Gasteiger partial charge in [0.05, 0.1) is 0 Å². The molecule has 0 aromatic heterocycles. The van der Waals surface area contributed by atoms with Gasteiger partial charge in [-0.25, -0.2) is 0 Å². The Hall–Kier alpha value is -0.770. The lowest BCUT2D eigenvalue weighted by Crippen LogP contribution is -2.37. The van der Waals surface area contributed by atoms with Crippen molar-refractivity contribution in [1.29, 1.82) is 0 Å². The van der Waals surface area contributed by atoms with Gasteiger partial charge in [0.15, 0.2) is 0 Å². The Morgan fingerprint density at radius 2 is 2.14 bits per heavy atom. The van der Waals surface area contributed by atoms with E-state index in [0.29, 0.717) is 12.1 Å². The molecule has 3 nitrogen and oxygen atoms in total. The molecular formula is C17H28ClN3. The van der Waals surface area contributed by atoms with Gasteiger partial charge in [0, 0.05) is 42.4 Å². The fourth-order valence-corrected chi connectivity index (χ4v) is 3.20. The van der Waals surface area contributed by atoms with Crippen molar-refractivity contribution in [2.45, 2.75) is 45.3 Å². The summed E-state index contributed by atoms with van der Waals surface area (Å²) in [4.78, 5) is 4.77. The fraction of sp³-hybridized carbons (Fsp3) is 0.647. The number of anilines is 1. The van der Waals surface area contributed by atoms with E-state index in [2.05, 4.69) is 61.3 Å². The summed E-state index contributed by atoms with van der Waals surface area (Å²) >= 11 is 6.47. The van der Waals surface area contributed by atoms with Crippen molar-refractivity contribution >= 4 is 17.3 Å². The van der Waals surface area contributed by atoms with E-state index < -0.39 is 0 Å². The van der Waals surface area contributed by atoms with Crippen molar-refractivity contribution in [2.24, 2.45) is 0 Å². The minimum absolute atomic E-state index is 0.476. The molecular weight excluding hydrogens is 282 g/mol. The van der Waals surface area contributed by atoms with Gasteiger partial charge in [-0.2, -0.15) is 0 Å². The quantitative estimate of drug-likeness (QED) is 0.869. The average Bonchev–Trinajstić information content (AvgIpc) is 2.84. The zero-order chi connectivity index (χ0) is 15.4. The van der Waals surface area contributed by atoms with Crippen molar-refractivity contribution in [3.05, 3.63) is 28.8 Å². The van der Waals surface area contributed by atoms with Gasteiger partial charge in [-0.3, -0.25) is 0 Å². The average molecular weight is 310 g/mol. The summed E-state index contributed by atoms with van der Waals surface area (Å²) in [5, 5.41) is 4.29. The van der Waals surface area contributed by atoms with Gasteiger partial charge in [-0.15, -0.1) is 0 Å². The predicted octanol–water partition coefficient (Wildman–Crippen LogP) is 3.37. The second kappa shape index (κ2) is 7.48. The van der Waals surface area contributed by atoms with Crippen molar-refractivity contribution in [3.8, 4) is 0 Å². The van der Waals surface area contributed by atoms with Crippen molar-refractivity contribution in [3.63, 3.8) is 0 Å². The summed E-state index contributed by atoms with van der Waals surface area (Å²) in [5.74, 6) is 0. The molecule has 0 bridgehead atoms. The molecule has 1 unspecified atom stereocenters. The molecule has 1 fully saturated rings. The highest BCUT2D eigenvalue weighted by Gasteiger charge is 2.25. The van der Waals surface area contributed by atoms with E-state index in [4.69, 9.17) is 11.6 Å². The second-order valence-electron chi connectivity index (χ2n) is 6.56. The molecule has 0 amide bonds. The number of rotatable bonds is 6. The maximum Gasteiger partial charge on any atom is 0.0471 e. The summed E-state index contributed by atoms with van der Waals surface area (Å²) in [6, 6.07) is 7.60. The lowest BCUT2D eigenvalue weighted by molar-refractivity contribution is 0.372. The Labute approximate surface area is 134 Å². The van der Waals surface area contributed by atoms with E-state index in [1.54, 1.807) is 0 Å². The van der Waals surface area contributed by atoms with Crippen molar-refractivity contribution in [2.75, 3.05) is 32.1 Å². The normalized spacial score (nSPS) is 19.0. The molecule has 0 spiro atoms. The second-order valence-corrected chi connectivity index (χ2v) is 6.97. The largest absolute Gasteiger partial charge is 0.367 e. The smallest absolute Gasteiger partial charge is 0.0471 e. The molecule has 2 rings (SSSR count). The molecule has 1 aliphatic heterocycles. The number of nitrogens with zero attached hydrogens (tertiary/aromatic N) is 2. The third kappa shape index (κ3) is 4.60. The molecule has 1 atom stereocenters. The minimum atomic E-state index is 0.476. The van der Waals surface area contributed by atoms with E-state index in [0.717, 1.165) is 24.7 Å². The molecule has 118 valence electrons. The molecule has 0 saturated carbocycles. The van der Waals surface area contributed by atoms with Crippen LogP contribution in [-0.2, 0) is 6.54 Å². The topological polar surface area (TPSA) is 18.5 Å². The Balaban J connectivity index is 2.08. The first-order chi connectivity index (χ1) is 9.97. The molecule has 0 radical (unpaired) electrons. The van der Waals surface area contributed by atoms with Crippen LogP contribution in [0, 0.1) is 0 Å². The predicted molar refractivity (Wildman–Crippen MR) is 92.3 cm³/mol. The van der Waals surface area contributed by atoms with Crippen LogP contribution in [0.2, 0.25) is 5.02 Å². The lowest BCUT2D eigenvalue weighted by atomic mass is 10.1. The summed E-state index contributed by atoms with van der Waals surface area (Å²) in [5.41, 5.74) is 2.44. The van der Waals surface area contributed by atoms with Crippen molar-refractivity contribution in [1.82, 2.24) is 10.2 Å². The van der Waals surface area contributed by atoms with E-state index in [-0.39, 0.29) is 0 Å².